The first-order chi connectivity index (χ1) is 15.1. The molecule has 3 N–H and O–H groups in total. The summed E-state index contributed by atoms with van der Waals surface area (Å²) in [5.74, 6) is 1.54. The Morgan fingerprint density at radius 3 is 2.68 bits per heavy atom. The average Bonchev–Trinajstić information content (AvgIpc) is 2.79. The van der Waals surface area contributed by atoms with Crippen molar-refractivity contribution in [3.63, 3.8) is 0 Å². The Labute approximate surface area is 182 Å². The highest BCUT2D eigenvalue weighted by Crippen LogP contribution is 2.51. The summed E-state index contributed by atoms with van der Waals surface area (Å²) in [6, 6.07) is 15.6. The second kappa shape index (κ2) is 7.91. The van der Waals surface area contributed by atoms with Crippen molar-refractivity contribution in [1.29, 1.82) is 0 Å². The van der Waals surface area contributed by atoms with Crippen molar-refractivity contribution in [3.8, 4) is 5.75 Å². The molecule has 162 valence electrons. The Hall–Kier alpha value is -3.02. The number of carbonyl (C=O) groups is 2. The Bertz CT molecular complexity index is 990. The summed E-state index contributed by atoms with van der Waals surface area (Å²) < 4.78 is 5.19. The number of fused-ring (bicyclic) bond motifs is 3. The Balaban J connectivity index is 1.21. The van der Waals surface area contributed by atoms with Crippen molar-refractivity contribution in [2.75, 3.05) is 19.0 Å². The van der Waals surface area contributed by atoms with Crippen LogP contribution in [0.2, 0.25) is 0 Å². The number of para-hydroxylation sites is 1. The third-order valence-corrected chi connectivity index (χ3v) is 7.35. The lowest BCUT2D eigenvalue weighted by Crippen LogP contribution is -2.68. The minimum Gasteiger partial charge on any atom is -0.497 e. The van der Waals surface area contributed by atoms with Gasteiger partial charge in [0.1, 0.15) is 11.4 Å². The number of benzene rings is 2. The number of anilines is 1. The van der Waals surface area contributed by atoms with E-state index in [1.54, 1.807) is 7.11 Å². The van der Waals surface area contributed by atoms with Gasteiger partial charge in [0.2, 0.25) is 5.91 Å². The van der Waals surface area contributed by atoms with Gasteiger partial charge in [-0.3, -0.25) is 9.59 Å². The molecule has 2 aromatic carbocycles. The number of carbonyl (C=O) groups excluding carboxylic acids is 2. The third kappa shape index (κ3) is 3.64. The van der Waals surface area contributed by atoms with E-state index in [2.05, 4.69) is 16.0 Å². The average molecular weight is 420 g/mol. The van der Waals surface area contributed by atoms with E-state index in [1.165, 1.54) is 5.56 Å². The van der Waals surface area contributed by atoms with Crippen LogP contribution in [-0.2, 0) is 11.2 Å². The molecule has 2 bridgehead atoms. The lowest BCUT2D eigenvalue weighted by Gasteiger charge is -2.56. The molecule has 1 aliphatic heterocycles. The minimum atomic E-state index is -0.422. The highest BCUT2D eigenvalue weighted by molar-refractivity contribution is 6.02. The maximum atomic E-state index is 13.0. The molecule has 3 unspecified atom stereocenters. The maximum Gasteiger partial charge on any atom is 0.255 e. The number of methoxy groups -OCH3 is 1. The molecule has 0 saturated heterocycles. The summed E-state index contributed by atoms with van der Waals surface area (Å²) in [7, 11) is 1.66. The second-order valence-corrected chi connectivity index (χ2v) is 9.07. The lowest BCUT2D eigenvalue weighted by molar-refractivity contribution is -0.132. The fourth-order valence-electron chi connectivity index (χ4n) is 5.72. The zero-order valence-electron chi connectivity index (χ0n) is 17.8. The molecule has 2 aromatic rings. The van der Waals surface area contributed by atoms with Crippen LogP contribution in [0.4, 0.5) is 5.69 Å². The van der Waals surface area contributed by atoms with E-state index in [-0.39, 0.29) is 29.6 Å². The van der Waals surface area contributed by atoms with E-state index in [4.69, 9.17) is 4.74 Å². The number of amides is 2. The predicted octanol–water partition coefficient (Wildman–Crippen LogP) is 3.34. The van der Waals surface area contributed by atoms with Crippen LogP contribution in [0.25, 0.3) is 0 Å². The fourth-order valence-corrected chi connectivity index (χ4v) is 5.72. The van der Waals surface area contributed by atoms with Gasteiger partial charge in [0.25, 0.3) is 5.91 Å². The van der Waals surface area contributed by atoms with Crippen molar-refractivity contribution < 1.29 is 14.3 Å². The fraction of sp³-hybridized carbons (Fsp3) is 0.440. The molecular weight excluding hydrogens is 390 g/mol. The van der Waals surface area contributed by atoms with Crippen LogP contribution in [0.15, 0.2) is 48.5 Å². The highest BCUT2D eigenvalue weighted by Gasteiger charge is 2.55. The summed E-state index contributed by atoms with van der Waals surface area (Å²) in [5.41, 5.74) is 2.36. The van der Waals surface area contributed by atoms with Gasteiger partial charge in [-0.1, -0.05) is 24.3 Å². The summed E-state index contributed by atoms with van der Waals surface area (Å²) in [6.45, 7) is 0.632. The van der Waals surface area contributed by atoms with E-state index in [9.17, 15) is 9.59 Å². The summed E-state index contributed by atoms with van der Waals surface area (Å²) >= 11 is 0. The smallest absolute Gasteiger partial charge is 0.255 e. The molecule has 2 amide bonds. The molecule has 0 aromatic heterocycles. The number of nitrogens with one attached hydrogen (secondary N) is 3. The molecule has 1 heterocycles. The number of hydrogen-bond donors (Lipinski definition) is 3. The zero-order chi connectivity index (χ0) is 21.4. The van der Waals surface area contributed by atoms with E-state index in [1.807, 2.05) is 48.5 Å². The highest BCUT2D eigenvalue weighted by atomic mass is 16.5. The van der Waals surface area contributed by atoms with E-state index >= 15 is 0 Å². The molecular formula is C25H29N3O3. The second-order valence-electron chi connectivity index (χ2n) is 9.07. The van der Waals surface area contributed by atoms with Gasteiger partial charge in [0.15, 0.2) is 0 Å². The molecule has 3 saturated carbocycles. The zero-order valence-corrected chi connectivity index (χ0v) is 17.8. The monoisotopic (exact) mass is 419 g/mol. The molecule has 6 nitrogen and oxygen atoms in total. The maximum absolute atomic E-state index is 13.0. The number of rotatable bonds is 5. The number of hydrogen-bond acceptors (Lipinski definition) is 4. The van der Waals surface area contributed by atoms with Gasteiger partial charge in [-0.05, 0) is 67.9 Å². The minimum absolute atomic E-state index is 0.0117. The van der Waals surface area contributed by atoms with Crippen molar-refractivity contribution in [2.45, 2.75) is 37.8 Å². The van der Waals surface area contributed by atoms with Crippen molar-refractivity contribution >= 4 is 17.5 Å². The van der Waals surface area contributed by atoms with Crippen LogP contribution < -0.4 is 20.7 Å². The van der Waals surface area contributed by atoms with Crippen molar-refractivity contribution in [3.05, 3.63) is 59.7 Å². The first-order valence-electron chi connectivity index (χ1n) is 11.2. The standard InChI is InChI=1S/C25H29N3O3/c1-31-19-10-6-16(7-11-19)12-13-26-23(29)21-14-18-9-8-17(21)15-25(18)27-22-5-3-2-4-20(22)24(30)28-25/h2-7,10-11,17-18,21,27H,8-9,12-15H2,1H3,(H,26,29)(H,28,30)/t17?,18?,21?,25-/m1/s1. The molecule has 6 rings (SSSR count). The van der Waals surface area contributed by atoms with Crippen LogP contribution in [0.1, 0.15) is 41.6 Å². The van der Waals surface area contributed by atoms with Gasteiger partial charge in [-0.2, -0.15) is 0 Å². The number of ether oxygens (including phenoxy) is 1. The van der Waals surface area contributed by atoms with Crippen molar-refractivity contribution in [1.82, 2.24) is 10.6 Å². The van der Waals surface area contributed by atoms with Crippen LogP contribution in [-0.4, -0.2) is 31.1 Å². The van der Waals surface area contributed by atoms with Gasteiger partial charge in [0, 0.05) is 24.1 Å². The van der Waals surface area contributed by atoms with Gasteiger partial charge in [0.05, 0.1) is 12.7 Å². The molecule has 6 heteroatoms. The van der Waals surface area contributed by atoms with Gasteiger partial charge in [-0.15, -0.1) is 0 Å². The van der Waals surface area contributed by atoms with Crippen LogP contribution in [0.3, 0.4) is 0 Å². The van der Waals surface area contributed by atoms with Crippen molar-refractivity contribution in [2.24, 2.45) is 17.8 Å². The lowest BCUT2D eigenvalue weighted by atomic mass is 9.58. The van der Waals surface area contributed by atoms with E-state index in [0.29, 0.717) is 12.1 Å². The Kier molecular flexibility index (Phi) is 5.08. The molecule has 3 aliphatic carbocycles. The van der Waals surface area contributed by atoms with Gasteiger partial charge in [-0.25, -0.2) is 0 Å². The topological polar surface area (TPSA) is 79.5 Å². The molecule has 4 atom stereocenters. The molecule has 1 spiro atoms. The third-order valence-electron chi connectivity index (χ3n) is 7.35. The first-order valence-corrected chi connectivity index (χ1v) is 11.2. The van der Waals surface area contributed by atoms with Crippen LogP contribution >= 0.6 is 0 Å². The molecule has 0 radical (unpaired) electrons. The first kappa shape index (κ1) is 19.9. The summed E-state index contributed by atoms with van der Waals surface area (Å²) in [5, 5.41) is 10.0. The SMILES string of the molecule is COc1ccc(CCNC(=O)C2CC3CCC2C[C@@]32NC(=O)c3ccccc3N2)cc1. The van der Waals surface area contributed by atoms with E-state index in [0.717, 1.165) is 43.5 Å². The van der Waals surface area contributed by atoms with Gasteiger partial charge >= 0.3 is 0 Å². The quantitative estimate of drug-likeness (QED) is 0.695. The largest absolute Gasteiger partial charge is 0.497 e. The van der Waals surface area contributed by atoms with Crippen LogP contribution in [0, 0.1) is 17.8 Å². The van der Waals surface area contributed by atoms with E-state index < -0.39 is 5.66 Å². The normalized spacial score (nSPS) is 28.4. The summed E-state index contributed by atoms with van der Waals surface area (Å²) in [4.78, 5) is 25.7. The Morgan fingerprint density at radius 2 is 1.94 bits per heavy atom. The van der Waals surface area contributed by atoms with Gasteiger partial charge < -0.3 is 20.7 Å². The predicted molar refractivity (Wildman–Crippen MR) is 119 cm³/mol. The molecule has 4 aliphatic rings. The Morgan fingerprint density at radius 1 is 1.13 bits per heavy atom. The molecule has 3 fully saturated rings. The summed E-state index contributed by atoms with van der Waals surface area (Å²) in [6.07, 6.45) is 4.50. The van der Waals surface area contributed by atoms with Crippen LogP contribution in [0.5, 0.6) is 5.75 Å². The molecule has 31 heavy (non-hydrogen) atoms.